The summed E-state index contributed by atoms with van der Waals surface area (Å²) in [4.78, 5) is 15.4. The second kappa shape index (κ2) is 5.30. The molecule has 0 bridgehead atoms. The molecule has 1 heterocycles. The van der Waals surface area contributed by atoms with Crippen LogP contribution in [0.1, 0.15) is 16.1 Å². The molecule has 0 spiro atoms. The van der Waals surface area contributed by atoms with Crippen molar-refractivity contribution in [1.82, 2.24) is 10.3 Å². The van der Waals surface area contributed by atoms with Crippen LogP contribution in [-0.2, 0) is 0 Å². The van der Waals surface area contributed by atoms with Gasteiger partial charge in [0.1, 0.15) is 5.15 Å². The van der Waals surface area contributed by atoms with Gasteiger partial charge in [0.15, 0.2) is 0 Å². The number of aliphatic hydroxyl groups is 1. The number of halogens is 2. The molecule has 15 heavy (non-hydrogen) atoms. The van der Waals surface area contributed by atoms with Crippen LogP contribution in [0, 0.1) is 6.92 Å². The highest BCUT2D eigenvalue weighted by atomic mass is 35.5. The Labute approximate surface area is 97.2 Å². The Hall–Kier alpha value is -0.840. The summed E-state index contributed by atoms with van der Waals surface area (Å²) in [6.07, 6.45) is 0. The molecule has 0 aliphatic heterocycles. The van der Waals surface area contributed by atoms with Crippen LogP contribution in [-0.4, -0.2) is 29.1 Å². The number of nitrogens with zero attached hydrogens (tertiary/aromatic N) is 1. The number of hydrogen-bond donors (Lipinski definition) is 2. The molecular formula is C9H10Cl2N2O2. The Balaban J connectivity index is 2.94. The molecule has 4 nitrogen and oxygen atoms in total. The summed E-state index contributed by atoms with van der Waals surface area (Å²) in [7, 11) is 0. The molecule has 1 aromatic heterocycles. The number of rotatable bonds is 3. The standard InChI is InChI=1S/C9H10Cl2N2O2/c1-5-6(9(15)12-2-3-14)4-7(10)8(11)13-5/h4,14H,2-3H2,1H3,(H,12,15). The van der Waals surface area contributed by atoms with E-state index in [1.165, 1.54) is 6.07 Å². The maximum atomic E-state index is 11.5. The number of aryl methyl sites for hydroxylation is 1. The van der Waals surface area contributed by atoms with E-state index in [4.69, 9.17) is 28.3 Å². The van der Waals surface area contributed by atoms with Crippen LogP contribution in [0.25, 0.3) is 0 Å². The van der Waals surface area contributed by atoms with Gasteiger partial charge in [0.25, 0.3) is 5.91 Å². The molecule has 1 amide bonds. The van der Waals surface area contributed by atoms with Crippen molar-refractivity contribution in [3.8, 4) is 0 Å². The Morgan fingerprint density at radius 1 is 1.60 bits per heavy atom. The highest BCUT2D eigenvalue weighted by Gasteiger charge is 2.12. The van der Waals surface area contributed by atoms with Crippen LogP contribution in [0.3, 0.4) is 0 Å². The van der Waals surface area contributed by atoms with E-state index in [2.05, 4.69) is 10.3 Å². The van der Waals surface area contributed by atoms with E-state index in [1.54, 1.807) is 6.92 Å². The Morgan fingerprint density at radius 2 is 2.27 bits per heavy atom. The van der Waals surface area contributed by atoms with Crippen molar-refractivity contribution in [2.45, 2.75) is 6.92 Å². The first-order valence-electron chi connectivity index (χ1n) is 4.28. The van der Waals surface area contributed by atoms with Gasteiger partial charge in [0.2, 0.25) is 0 Å². The maximum Gasteiger partial charge on any atom is 0.253 e. The molecule has 0 saturated carbocycles. The van der Waals surface area contributed by atoms with E-state index in [9.17, 15) is 4.79 Å². The van der Waals surface area contributed by atoms with Crippen molar-refractivity contribution in [3.05, 3.63) is 27.5 Å². The Bertz CT molecular complexity index is 383. The molecule has 0 aliphatic rings. The summed E-state index contributed by atoms with van der Waals surface area (Å²) in [5.41, 5.74) is 0.859. The molecule has 0 radical (unpaired) electrons. The van der Waals surface area contributed by atoms with Crippen LogP contribution < -0.4 is 5.32 Å². The SMILES string of the molecule is Cc1nc(Cl)c(Cl)cc1C(=O)NCCO. The average Bonchev–Trinajstić information content (AvgIpc) is 2.20. The number of nitrogens with one attached hydrogen (secondary N) is 1. The first-order chi connectivity index (χ1) is 7.06. The van der Waals surface area contributed by atoms with Crippen LogP contribution >= 0.6 is 23.2 Å². The molecule has 82 valence electrons. The molecule has 0 unspecified atom stereocenters. The predicted molar refractivity (Wildman–Crippen MR) is 58.4 cm³/mol. The second-order valence-corrected chi connectivity index (χ2v) is 3.64. The summed E-state index contributed by atoms with van der Waals surface area (Å²) in [6, 6.07) is 1.46. The molecule has 0 aliphatic carbocycles. The van der Waals surface area contributed by atoms with Gasteiger partial charge in [-0.15, -0.1) is 0 Å². The Kier molecular flexibility index (Phi) is 4.32. The number of pyridine rings is 1. The van der Waals surface area contributed by atoms with E-state index < -0.39 is 0 Å². The number of carbonyl (C=O) groups excluding carboxylic acids is 1. The Morgan fingerprint density at radius 3 is 2.87 bits per heavy atom. The lowest BCUT2D eigenvalue weighted by Gasteiger charge is -2.07. The van der Waals surface area contributed by atoms with Crippen molar-refractivity contribution < 1.29 is 9.90 Å². The van der Waals surface area contributed by atoms with Gasteiger partial charge in [-0.2, -0.15) is 0 Å². The molecule has 0 aromatic carbocycles. The van der Waals surface area contributed by atoms with Crippen molar-refractivity contribution in [2.75, 3.05) is 13.2 Å². The fourth-order valence-corrected chi connectivity index (χ4v) is 1.38. The third kappa shape index (κ3) is 3.06. The molecule has 0 atom stereocenters. The van der Waals surface area contributed by atoms with Gasteiger partial charge in [-0.1, -0.05) is 23.2 Å². The zero-order valence-corrected chi connectivity index (χ0v) is 9.56. The lowest BCUT2D eigenvalue weighted by Crippen LogP contribution is -2.27. The third-order valence-corrected chi connectivity index (χ3v) is 2.44. The molecular weight excluding hydrogens is 239 g/mol. The van der Waals surface area contributed by atoms with E-state index in [0.29, 0.717) is 11.3 Å². The monoisotopic (exact) mass is 248 g/mol. The normalized spacial score (nSPS) is 10.1. The number of aliphatic hydroxyl groups excluding tert-OH is 1. The average molecular weight is 249 g/mol. The predicted octanol–water partition coefficient (Wildman–Crippen LogP) is 1.42. The van der Waals surface area contributed by atoms with Crippen LogP contribution in [0.4, 0.5) is 0 Å². The lowest BCUT2D eigenvalue weighted by molar-refractivity contribution is 0.0943. The molecule has 1 aromatic rings. The smallest absolute Gasteiger partial charge is 0.253 e. The van der Waals surface area contributed by atoms with E-state index >= 15 is 0 Å². The van der Waals surface area contributed by atoms with Crippen LogP contribution in [0.2, 0.25) is 10.2 Å². The highest BCUT2D eigenvalue weighted by molar-refractivity contribution is 6.41. The fraction of sp³-hybridized carbons (Fsp3) is 0.333. The summed E-state index contributed by atoms with van der Waals surface area (Å²) in [5.74, 6) is -0.326. The van der Waals surface area contributed by atoms with Crippen LogP contribution in [0.5, 0.6) is 0 Å². The van der Waals surface area contributed by atoms with Crippen molar-refractivity contribution in [3.63, 3.8) is 0 Å². The van der Waals surface area contributed by atoms with E-state index in [1.807, 2.05) is 0 Å². The van der Waals surface area contributed by atoms with Crippen molar-refractivity contribution in [1.29, 1.82) is 0 Å². The zero-order chi connectivity index (χ0) is 11.4. The minimum atomic E-state index is -0.326. The van der Waals surface area contributed by atoms with Gasteiger partial charge in [-0.25, -0.2) is 4.98 Å². The number of hydrogen-bond acceptors (Lipinski definition) is 3. The van der Waals surface area contributed by atoms with E-state index in [0.717, 1.165) is 0 Å². The third-order valence-electron chi connectivity index (χ3n) is 1.77. The minimum absolute atomic E-state index is 0.112. The van der Waals surface area contributed by atoms with Gasteiger partial charge in [-0.3, -0.25) is 4.79 Å². The number of carbonyl (C=O) groups is 1. The van der Waals surface area contributed by atoms with Gasteiger partial charge in [0, 0.05) is 6.54 Å². The number of amides is 1. The maximum absolute atomic E-state index is 11.5. The number of aromatic nitrogens is 1. The molecule has 6 heteroatoms. The molecule has 0 saturated heterocycles. The van der Waals surface area contributed by atoms with Crippen molar-refractivity contribution >= 4 is 29.1 Å². The zero-order valence-electron chi connectivity index (χ0n) is 8.05. The second-order valence-electron chi connectivity index (χ2n) is 2.87. The van der Waals surface area contributed by atoms with Gasteiger partial charge < -0.3 is 10.4 Å². The first kappa shape index (κ1) is 12.2. The topological polar surface area (TPSA) is 62.2 Å². The molecule has 1 rings (SSSR count). The largest absolute Gasteiger partial charge is 0.395 e. The van der Waals surface area contributed by atoms with Gasteiger partial charge in [-0.05, 0) is 13.0 Å². The van der Waals surface area contributed by atoms with Gasteiger partial charge in [0.05, 0.1) is 22.9 Å². The van der Waals surface area contributed by atoms with E-state index in [-0.39, 0.29) is 29.2 Å². The summed E-state index contributed by atoms with van der Waals surface area (Å²) in [6.45, 7) is 1.74. The fourth-order valence-electron chi connectivity index (χ4n) is 1.05. The minimum Gasteiger partial charge on any atom is -0.395 e. The summed E-state index contributed by atoms with van der Waals surface area (Å²) >= 11 is 11.4. The first-order valence-corrected chi connectivity index (χ1v) is 5.03. The summed E-state index contributed by atoms with van der Waals surface area (Å²) in [5, 5.41) is 11.5. The highest BCUT2D eigenvalue weighted by Crippen LogP contribution is 2.22. The lowest BCUT2D eigenvalue weighted by atomic mass is 10.2. The molecule has 2 N–H and O–H groups in total. The quantitative estimate of drug-likeness (QED) is 0.796. The molecule has 0 fully saturated rings. The van der Waals surface area contributed by atoms with Gasteiger partial charge >= 0.3 is 0 Å². The van der Waals surface area contributed by atoms with Crippen LogP contribution in [0.15, 0.2) is 6.07 Å². The summed E-state index contributed by atoms with van der Waals surface area (Å²) < 4.78 is 0. The van der Waals surface area contributed by atoms with Crippen molar-refractivity contribution in [2.24, 2.45) is 0 Å².